The molecule has 0 amide bonds. The Labute approximate surface area is 68.6 Å². The highest BCUT2D eigenvalue weighted by atomic mass is 28.4. The van der Waals surface area contributed by atoms with Crippen LogP contribution >= 0.6 is 0 Å². The number of hydrogen-bond donors (Lipinski definition) is 4. The predicted octanol–water partition coefficient (Wildman–Crippen LogP) is -3.37. The molecule has 0 aliphatic heterocycles. The summed E-state index contributed by atoms with van der Waals surface area (Å²) in [4.78, 5) is 29.3. The molecule has 0 aliphatic rings. The monoisotopic (exact) mass is 147 g/mol. The Morgan fingerprint density at radius 3 is 0.857 bits per heavy atom. The normalized spacial score (nSPS) is 8.57. The maximum Gasteiger partial charge on any atom is 0.668 e. The summed E-state index contributed by atoms with van der Waals surface area (Å²) >= 11 is 0. The molecule has 5 radical (unpaired) electrons. The molecule has 4 nitrogen and oxygen atoms in total. The van der Waals surface area contributed by atoms with Gasteiger partial charge >= 0.3 is 9.05 Å². The fraction of sp³-hybridized carbons (Fsp3) is 0. The van der Waals surface area contributed by atoms with E-state index in [0.29, 0.717) is 0 Å². The molecule has 0 saturated heterocycles. The third kappa shape index (κ3) is 115. The van der Waals surface area contributed by atoms with Crippen LogP contribution in [0.15, 0.2) is 0 Å². The summed E-state index contributed by atoms with van der Waals surface area (Å²) in [5.41, 5.74) is 0. The van der Waals surface area contributed by atoms with Gasteiger partial charge in [0.25, 0.3) is 0 Å². The summed E-state index contributed by atoms with van der Waals surface area (Å²) in [5, 5.41) is 0. The molecule has 0 bridgehead atoms. The van der Waals surface area contributed by atoms with Gasteiger partial charge < -0.3 is 19.2 Å². The minimum Gasteiger partial charge on any atom is -0.368 e. The van der Waals surface area contributed by atoms with Crippen molar-refractivity contribution in [3.63, 3.8) is 0 Å². The van der Waals surface area contributed by atoms with Crippen LogP contribution in [-0.4, -0.2) is 68.6 Å². The van der Waals surface area contributed by atoms with Gasteiger partial charge in [0, 0.05) is 40.4 Å². The van der Waals surface area contributed by atoms with Gasteiger partial charge in [0.05, 0.1) is 0 Å². The molecule has 0 aromatic rings. The van der Waals surface area contributed by atoms with E-state index in [9.17, 15) is 0 Å². The number of rotatable bonds is 0. The molecule has 37 valence electrons. The minimum absolute atomic E-state index is 0. The maximum atomic E-state index is 7.33. The maximum absolute atomic E-state index is 7.33. The van der Waals surface area contributed by atoms with E-state index in [1.165, 1.54) is 0 Å². The molecule has 0 aromatic heterocycles. The number of hydrogen-bond acceptors (Lipinski definition) is 4. The van der Waals surface area contributed by atoms with E-state index in [-0.39, 0.29) is 40.4 Å². The Morgan fingerprint density at radius 2 is 0.857 bits per heavy atom. The largest absolute Gasteiger partial charge is 0.668 e. The zero-order valence-corrected chi connectivity index (χ0v) is 7.14. The van der Waals surface area contributed by atoms with E-state index in [0.717, 1.165) is 0 Å². The molecule has 0 aromatic carbocycles. The first-order valence-corrected chi connectivity index (χ1v) is 2.68. The SMILES string of the molecule is O[Si](O)(O)O.[Al].[Mg]. The summed E-state index contributed by atoms with van der Waals surface area (Å²) < 4.78 is 0. The van der Waals surface area contributed by atoms with Gasteiger partial charge in [-0.25, -0.2) is 0 Å². The van der Waals surface area contributed by atoms with Gasteiger partial charge in [0.15, 0.2) is 0 Å². The summed E-state index contributed by atoms with van der Waals surface area (Å²) in [6.45, 7) is 0. The second-order valence-electron chi connectivity index (χ2n) is 0.600. The molecule has 0 rings (SSSR count). The molecular weight excluding hydrogens is 143 g/mol. The highest BCUT2D eigenvalue weighted by molar-refractivity contribution is 6.46. The van der Waals surface area contributed by atoms with Crippen LogP contribution in [-0.2, 0) is 0 Å². The Bertz CT molecular complexity index is 27.2. The van der Waals surface area contributed by atoms with Crippen LogP contribution in [0.3, 0.4) is 0 Å². The van der Waals surface area contributed by atoms with Crippen molar-refractivity contribution in [2.75, 3.05) is 0 Å². The van der Waals surface area contributed by atoms with Crippen molar-refractivity contribution in [1.29, 1.82) is 0 Å². The highest BCUT2D eigenvalue weighted by Crippen LogP contribution is 1.67. The Hall–Kier alpha value is 1.36. The molecule has 0 fully saturated rings. The lowest BCUT2D eigenvalue weighted by molar-refractivity contribution is 0.117. The zero-order chi connectivity index (χ0) is 4.50. The third-order valence-corrected chi connectivity index (χ3v) is 0. The van der Waals surface area contributed by atoms with Crippen molar-refractivity contribution in [2.24, 2.45) is 0 Å². The quantitative estimate of drug-likeness (QED) is 0.270. The van der Waals surface area contributed by atoms with Crippen molar-refractivity contribution >= 4 is 49.5 Å². The molecule has 7 heavy (non-hydrogen) atoms. The second kappa shape index (κ2) is 5.49. The Kier molecular flexibility index (Phi) is 12.4. The van der Waals surface area contributed by atoms with Crippen LogP contribution in [0.4, 0.5) is 0 Å². The summed E-state index contributed by atoms with van der Waals surface area (Å²) in [7, 11) is -4.61. The molecule has 0 atom stereocenters. The van der Waals surface area contributed by atoms with Crippen LogP contribution in [0.1, 0.15) is 0 Å². The fourth-order valence-electron chi connectivity index (χ4n) is 0. The van der Waals surface area contributed by atoms with Crippen molar-refractivity contribution in [3.05, 3.63) is 0 Å². The van der Waals surface area contributed by atoms with E-state index < -0.39 is 9.05 Å². The zero-order valence-electron chi connectivity index (χ0n) is 3.57. The van der Waals surface area contributed by atoms with Gasteiger partial charge in [-0.15, -0.1) is 0 Å². The van der Waals surface area contributed by atoms with Crippen molar-refractivity contribution < 1.29 is 19.2 Å². The van der Waals surface area contributed by atoms with Crippen LogP contribution < -0.4 is 0 Å². The topological polar surface area (TPSA) is 80.9 Å². The molecule has 4 N–H and O–H groups in total. The van der Waals surface area contributed by atoms with Gasteiger partial charge in [-0.3, -0.25) is 0 Å². The summed E-state index contributed by atoms with van der Waals surface area (Å²) in [6.07, 6.45) is 0. The Morgan fingerprint density at radius 1 is 0.857 bits per heavy atom. The predicted molar refractivity (Wildman–Crippen MR) is 26.1 cm³/mol. The van der Waals surface area contributed by atoms with E-state index in [1.807, 2.05) is 0 Å². The molecule has 0 saturated carbocycles. The minimum atomic E-state index is -4.61. The standard InChI is InChI=1S/Al.Mg.H4O4Si/c;;1-5(2,3)4/h;;1-4H. The molecule has 0 aliphatic carbocycles. The van der Waals surface area contributed by atoms with Gasteiger partial charge in [0.1, 0.15) is 0 Å². The van der Waals surface area contributed by atoms with E-state index in [1.54, 1.807) is 0 Å². The molecule has 0 spiro atoms. The summed E-state index contributed by atoms with van der Waals surface area (Å²) in [6, 6.07) is 0. The van der Waals surface area contributed by atoms with Gasteiger partial charge in [-0.2, -0.15) is 0 Å². The fourth-order valence-corrected chi connectivity index (χ4v) is 0. The van der Waals surface area contributed by atoms with Gasteiger partial charge in [0.2, 0.25) is 0 Å². The van der Waals surface area contributed by atoms with Crippen molar-refractivity contribution in [3.8, 4) is 0 Å². The van der Waals surface area contributed by atoms with Crippen molar-refractivity contribution in [2.45, 2.75) is 0 Å². The average molecular weight is 147 g/mol. The lowest BCUT2D eigenvalue weighted by Gasteiger charge is -1.91. The van der Waals surface area contributed by atoms with Crippen LogP contribution in [0, 0.1) is 0 Å². The third-order valence-electron chi connectivity index (χ3n) is 0. The van der Waals surface area contributed by atoms with Crippen molar-refractivity contribution in [1.82, 2.24) is 0 Å². The first-order chi connectivity index (χ1) is 2.00. The molecule has 0 heterocycles. The van der Waals surface area contributed by atoms with Gasteiger partial charge in [-0.1, -0.05) is 0 Å². The second-order valence-corrected chi connectivity index (χ2v) is 1.80. The van der Waals surface area contributed by atoms with Crippen LogP contribution in [0.25, 0.3) is 0 Å². The lowest BCUT2D eigenvalue weighted by Crippen LogP contribution is -2.33. The van der Waals surface area contributed by atoms with E-state index in [4.69, 9.17) is 19.2 Å². The van der Waals surface area contributed by atoms with E-state index in [2.05, 4.69) is 0 Å². The average Bonchev–Trinajstić information content (AvgIpc) is 0.722. The van der Waals surface area contributed by atoms with Crippen LogP contribution in [0.5, 0.6) is 0 Å². The highest BCUT2D eigenvalue weighted by Gasteiger charge is 2.22. The first kappa shape index (κ1) is 15.8. The lowest BCUT2D eigenvalue weighted by atomic mass is 15.7. The molecule has 7 heteroatoms. The van der Waals surface area contributed by atoms with E-state index >= 15 is 0 Å². The smallest absolute Gasteiger partial charge is 0.368 e. The first-order valence-electron chi connectivity index (χ1n) is 0.894. The van der Waals surface area contributed by atoms with Crippen LogP contribution in [0.2, 0.25) is 0 Å². The van der Waals surface area contributed by atoms with Gasteiger partial charge in [-0.05, 0) is 0 Å². The molecular formula is H4AlMgO4Si. The molecule has 0 unspecified atom stereocenters. The summed E-state index contributed by atoms with van der Waals surface area (Å²) in [5.74, 6) is 0. The Balaban J connectivity index is -0.0000000800.